The summed E-state index contributed by atoms with van der Waals surface area (Å²) in [4.78, 5) is 61.9. The molecule has 0 saturated carbocycles. The molecule has 4 aromatic heterocycles. The SMILES string of the molecule is CCn1nc(C)c2c1C(=O)Nc1nc3cc(C(N)=O)cc4c3n1[C@@H](CCCn1c(nc3cc(C(N)=O)ccc31)NC(=O)c1cc(C)nn1CCC/C=C/2)CO4. The molecule has 6 N–H and O–H groups in total. The van der Waals surface area contributed by atoms with Crippen LogP contribution < -0.4 is 26.8 Å². The van der Waals surface area contributed by atoms with Crippen molar-refractivity contribution in [1.82, 2.24) is 38.7 Å². The fraction of sp³-hybridized carbons (Fsp3) is 0.316. The lowest BCUT2D eigenvalue weighted by Gasteiger charge is -2.27. The Morgan fingerprint density at radius 1 is 0.909 bits per heavy atom. The molecular weight excluding hydrogens is 704 g/mol. The van der Waals surface area contributed by atoms with Crippen molar-refractivity contribution in [3.05, 3.63) is 81.9 Å². The number of carbonyl (C=O) groups is 4. The zero-order chi connectivity index (χ0) is 38.5. The lowest BCUT2D eigenvalue weighted by molar-refractivity contribution is 0.0991. The third-order valence-electron chi connectivity index (χ3n) is 10.1. The first-order chi connectivity index (χ1) is 26.5. The van der Waals surface area contributed by atoms with Crippen LogP contribution in [-0.4, -0.2) is 68.9 Å². The smallest absolute Gasteiger partial charge is 0.276 e. The molecule has 2 aliphatic heterocycles. The number of allylic oxidation sites excluding steroid dienone is 1. The number of aryl methyl sites for hydroxylation is 5. The summed E-state index contributed by atoms with van der Waals surface area (Å²) in [6, 6.07) is 9.65. The first-order valence-electron chi connectivity index (χ1n) is 18.2. The number of primary amides is 2. The minimum Gasteiger partial charge on any atom is -0.489 e. The van der Waals surface area contributed by atoms with Crippen LogP contribution in [0.15, 0.2) is 42.5 Å². The molecule has 1 atom stereocenters. The molecule has 0 fully saturated rings. The van der Waals surface area contributed by atoms with Crippen LogP contribution in [0.2, 0.25) is 0 Å². The summed E-state index contributed by atoms with van der Waals surface area (Å²) in [6.07, 6.45) is 6.33. The summed E-state index contributed by atoms with van der Waals surface area (Å²) in [5, 5.41) is 15.3. The highest BCUT2D eigenvalue weighted by atomic mass is 16.5. The molecule has 2 aromatic carbocycles. The molecule has 0 unspecified atom stereocenters. The van der Waals surface area contributed by atoms with Gasteiger partial charge in [-0.05, 0) is 82.9 Å². The highest BCUT2D eigenvalue weighted by Crippen LogP contribution is 2.39. The van der Waals surface area contributed by atoms with E-state index in [0.29, 0.717) is 119 Å². The Bertz CT molecular complexity index is 2590. The van der Waals surface area contributed by atoms with Gasteiger partial charge in [0, 0.05) is 36.3 Å². The monoisotopic (exact) mass is 744 g/mol. The second kappa shape index (κ2) is 13.9. The molecule has 8 rings (SSSR count). The Labute approximate surface area is 314 Å². The molecule has 6 heterocycles. The number of nitrogens with zero attached hydrogens (tertiary/aromatic N) is 8. The van der Waals surface area contributed by atoms with E-state index in [1.165, 1.54) is 0 Å². The highest BCUT2D eigenvalue weighted by molar-refractivity contribution is 6.07. The Kier molecular flexibility index (Phi) is 8.90. The number of nitrogens with two attached hydrogens (primary N) is 2. The molecule has 0 aliphatic carbocycles. The van der Waals surface area contributed by atoms with E-state index < -0.39 is 11.8 Å². The summed E-state index contributed by atoms with van der Waals surface area (Å²) in [5.74, 6) is -0.929. The number of hydrogen-bond acceptors (Lipinski definition) is 9. The van der Waals surface area contributed by atoms with Gasteiger partial charge < -0.3 is 25.3 Å². The number of hydrogen-bond donors (Lipinski definition) is 4. The zero-order valence-electron chi connectivity index (χ0n) is 30.6. The van der Waals surface area contributed by atoms with Crippen molar-refractivity contribution in [1.29, 1.82) is 0 Å². The van der Waals surface area contributed by atoms with Crippen molar-refractivity contribution in [2.75, 3.05) is 17.2 Å². The van der Waals surface area contributed by atoms with Crippen LogP contribution in [0.5, 0.6) is 5.75 Å². The first-order valence-corrected chi connectivity index (χ1v) is 18.2. The third kappa shape index (κ3) is 6.36. The van der Waals surface area contributed by atoms with Gasteiger partial charge >= 0.3 is 0 Å². The predicted molar refractivity (Wildman–Crippen MR) is 204 cm³/mol. The summed E-state index contributed by atoms with van der Waals surface area (Å²) in [6.45, 7) is 7.21. The van der Waals surface area contributed by atoms with Crippen molar-refractivity contribution in [3.63, 3.8) is 0 Å². The van der Waals surface area contributed by atoms with Gasteiger partial charge in [0.05, 0.1) is 34.0 Å². The Morgan fingerprint density at radius 3 is 2.45 bits per heavy atom. The average molecular weight is 745 g/mol. The van der Waals surface area contributed by atoms with Gasteiger partial charge in [0.2, 0.25) is 23.7 Å². The quantitative estimate of drug-likeness (QED) is 0.202. The van der Waals surface area contributed by atoms with E-state index >= 15 is 0 Å². The maximum atomic E-state index is 14.3. The standard InChI is InChI=1S/C38H40N12O5/c1-4-48-31-25(21(3)46-48)10-6-5-7-14-49-29(15-20(2)45-49)35(53)43-37-41-26-16-22(33(39)51)11-12-28(26)47(37)13-8-9-24-19-55-30-18-23(34(40)52)17-27-32(30)50(24)38(42-27)44-36(31)54/h6,10-12,15-18,24H,4-5,7-9,13-14,19H2,1-3H3,(H2,39,51)(H2,40,52)(H,41,43,53)(H,42,44,54)/b10-6+/t24-/m0/s1. The van der Waals surface area contributed by atoms with E-state index in [1.54, 1.807) is 45.8 Å². The van der Waals surface area contributed by atoms with Crippen LogP contribution >= 0.6 is 0 Å². The van der Waals surface area contributed by atoms with Crippen molar-refractivity contribution in [3.8, 4) is 5.75 Å². The normalized spacial score (nSPS) is 17.0. The van der Waals surface area contributed by atoms with Crippen molar-refractivity contribution in [2.45, 2.75) is 72.1 Å². The second-order valence-corrected chi connectivity index (χ2v) is 13.8. The number of anilines is 2. The van der Waals surface area contributed by atoms with Crippen LogP contribution in [0, 0.1) is 13.8 Å². The van der Waals surface area contributed by atoms with Crippen molar-refractivity contribution in [2.24, 2.45) is 11.5 Å². The van der Waals surface area contributed by atoms with Gasteiger partial charge in [0.1, 0.15) is 29.3 Å². The number of imidazole rings is 2. The lowest BCUT2D eigenvalue weighted by atomic mass is 10.1. The van der Waals surface area contributed by atoms with Crippen LogP contribution in [0.25, 0.3) is 28.1 Å². The number of aromatic nitrogens is 8. The molecule has 17 heteroatoms. The number of benzene rings is 2. The van der Waals surface area contributed by atoms with Crippen molar-refractivity contribution < 1.29 is 23.9 Å². The molecular formula is C38H40N12O5. The van der Waals surface area contributed by atoms with E-state index in [9.17, 15) is 19.2 Å². The average Bonchev–Trinajstić information content (AvgIpc) is 3.90. The van der Waals surface area contributed by atoms with Gasteiger partial charge in [-0.1, -0.05) is 12.2 Å². The summed E-state index contributed by atoms with van der Waals surface area (Å²) in [7, 11) is 0. The van der Waals surface area contributed by atoms with E-state index in [-0.39, 0.29) is 30.0 Å². The Balaban J connectivity index is 1.23. The molecule has 6 aromatic rings. The van der Waals surface area contributed by atoms with Gasteiger partial charge in [-0.25, -0.2) is 9.97 Å². The molecule has 4 amide bonds. The number of nitrogens with one attached hydrogen (secondary N) is 2. The van der Waals surface area contributed by atoms with E-state index in [1.807, 2.05) is 42.1 Å². The number of amides is 4. The maximum Gasteiger partial charge on any atom is 0.276 e. The maximum absolute atomic E-state index is 14.3. The molecule has 17 nitrogen and oxygen atoms in total. The van der Waals surface area contributed by atoms with Crippen molar-refractivity contribution >= 4 is 63.7 Å². The molecule has 0 radical (unpaired) electrons. The van der Waals surface area contributed by atoms with E-state index in [0.717, 1.165) is 0 Å². The summed E-state index contributed by atoms with van der Waals surface area (Å²) < 4.78 is 13.4. The molecule has 0 saturated heterocycles. The lowest BCUT2D eigenvalue weighted by Crippen LogP contribution is -2.27. The van der Waals surface area contributed by atoms with Gasteiger partial charge in [-0.15, -0.1) is 0 Å². The van der Waals surface area contributed by atoms with Gasteiger partial charge in [-0.2, -0.15) is 10.2 Å². The minimum atomic E-state index is -0.625. The molecule has 282 valence electrons. The second-order valence-electron chi connectivity index (χ2n) is 13.8. The first kappa shape index (κ1) is 35.3. The van der Waals surface area contributed by atoms with E-state index in [2.05, 4.69) is 20.8 Å². The number of carbonyl (C=O) groups excluding carboxylic acids is 4. The largest absolute Gasteiger partial charge is 0.489 e. The minimum absolute atomic E-state index is 0.225. The molecule has 2 aliphatic rings. The van der Waals surface area contributed by atoms with Gasteiger partial charge in [0.15, 0.2) is 0 Å². The van der Waals surface area contributed by atoms with Gasteiger partial charge in [0.25, 0.3) is 11.8 Å². The predicted octanol–water partition coefficient (Wildman–Crippen LogP) is 4.34. The van der Waals surface area contributed by atoms with E-state index in [4.69, 9.17) is 26.2 Å². The van der Waals surface area contributed by atoms with Gasteiger partial charge in [-0.3, -0.25) is 39.2 Å². The Morgan fingerprint density at radius 2 is 1.67 bits per heavy atom. The van der Waals surface area contributed by atoms with Crippen LogP contribution in [-0.2, 0) is 19.6 Å². The van der Waals surface area contributed by atoms with Crippen LogP contribution in [0.4, 0.5) is 11.9 Å². The molecule has 55 heavy (non-hydrogen) atoms. The number of ether oxygens (including phenoxy) is 1. The fourth-order valence-corrected chi connectivity index (χ4v) is 7.50. The Hall–Kier alpha value is -6.78. The number of fused-ring (bicyclic) bond motifs is 5. The fourth-order valence-electron chi connectivity index (χ4n) is 7.50. The summed E-state index contributed by atoms with van der Waals surface area (Å²) in [5.41, 5.74) is 16.9. The zero-order valence-corrected chi connectivity index (χ0v) is 30.6. The molecule has 0 spiro atoms. The van der Waals surface area contributed by atoms with Crippen LogP contribution in [0.1, 0.15) is 97.3 Å². The topological polar surface area (TPSA) is 225 Å². The molecule has 0 bridgehead atoms. The van der Waals surface area contributed by atoms with Crippen LogP contribution in [0.3, 0.4) is 0 Å². The highest BCUT2D eigenvalue weighted by Gasteiger charge is 2.31. The summed E-state index contributed by atoms with van der Waals surface area (Å²) >= 11 is 0. The third-order valence-corrected chi connectivity index (χ3v) is 10.1. The number of rotatable bonds is 3.